The van der Waals surface area contributed by atoms with Crippen molar-refractivity contribution in [1.82, 2.24) is 10.2 Å². The van der Waals surface area contributed by atoms with Crippen molar-refractivity contribution in [1.29, 1.82) is 0 Å². The molecule has 1 aromatic heterocycles. The van der Waals surface area contributed by atoms with Gasteiger partial charge in [-0.3, -0.25) is 5.10 Å². The van der Waals surface area contributed by atoms with Crippen LogP contribution in [0.1, 0.15) is 18.1 Å². The zero-order chi connectivity index (χ0) is 13.1. The number of nitrogens with zero attached hydrogens (tertiary/aromatic N) is 1. The number of hydrogen-bond acceptors (Lipinski definition) is 2. The van der Waals surface area contributed by atoms with E-state index in [0.29, 0.717) is 0 Å². The number of hydrogen-bond donors (Lipinski definition) is 2. The SMILES string of the molecule is CCc1ccc(CNc2cccc3cn[nH]c23)cc1. The Hall–Kier alpha value is -2.29. The third-order valence-electron chi connectivity index (χ3n) is 3.39. The lowest BCUT2D eigenvalue weighted by Crippen LogP contribution is -2.00. The fraction of sp³-hybridized carbons (Fsp3) is 0.188. The van der Waals surface area contributed by atoms with Crippen LogP contribution in [0.15, 0.2) is 48.7 Å². The second kappa shape index (κ2) is 5.14. The maximum atomic E-state index is 4.07. The van der Waals surface area contributed by atoms with Crippen molar-refractivity contribution in [3.05, 3.63) is 59.8 Å². The number of aromatic amines is 1. The lowest BCUT2D eigenvalue weighted by atomic mass is 10.1. The van der Waals surface area contributed by atoms with Crippen LogP contribution < -0.4 is 5.32 Å². The van der Waals surface area contributed by atoms with Crippen LogP contribution in [0.5, 0.6) is 0 Å². The van der Waals surface area contributed by atoms with E-state index >= 15 is 0 Å². The highest BCUT2D eigenvalue weighted by molar-refractivity contribution is 5.89. The molecule has 1 heterocycles. The van der Waals surface area contributed by atoms with Gasteiger partial charge in [0.2, 0.25) is 0 Å². The summed E-state index contributed by atoms with van der Waals surface area (Å²) in [6.45, 7) is 2.99. The van der Waals surface area contributed by atoms with E-state index in [9.17, 15) is 0 Å². The first kappa shape index (κ1) is 11.8. The normalized spacial score (nSPS) is 10.8. The van der Waals surface area contributed by atoms with Crippen molar-refractivity contribution < 1.29 is 0 Å². The zero-order valence-corrected chi connectivity index (χ0v) is 11.0. The predicted octanol–water partition coefficient (Wildman–Crippen LogP) is 3.74. The van der Waals surface area contributed by atoms with Gasteiger partial charge in [0.25, 0.3) is 0 Å². The molecule has 2 N–H and O–H groups in total. The molecule has 0 fully saturated rings. The Kier molecular flexibility index (Phi) is 3.19. The molecule has 0 aliphatic rings. The Morgan fingerprint density at radius 2 is 1.84 bits per heavy atom. The van der Waals surface area contributed by atoms with Gasteiger partial charge >= 0.3 is 0 Å². The molecule has 96 valence electrons. The molecule has 2 aromatic carbocycles. The van der Waals surface area contributed by atoms with Crippen LogP contribution in [-0.4, -0.2) is 10.2 Å². The summed E-state index contributed by atoms with van der Waals surface area (Å²) in [5, 5.41) is 11.7. The third-order valence-corrected chi connectivity index (χ3v) is 3.39. The lowest BCUT2D eigenvalue weighted by molar-refractivity contribution is 1.10. The number of fused-ring (bicyclic) bond motifs is 1. The Balaban J connectivity index is 1.76. The minimum Gasteiger partial charge on any atom is -0.379 e. The average Bonchev–Trinajstić information content (AvgIpc) is 2.94. The van der Waals surface area contributed by atoms with E-state index in [2.05, 4.69) is 58.8 Å². The van der Waals surface area contributed by atoms with Gasteiger partial charge in [-0.05, 0) is 23.6 Å². The van der Waals surface area contributed by atoms with Gasteiger partial charge in [0.1, 0.15) is 0 Å². The van der Waals surface area contributed by atoms with E-state index in [4.69, 9.17) is 0 Å². The van der Waals surface area contributed by atoms with E-state index in [1.165, 1.54) is 11.1 Å². The predicted molar refractivity (Wildman–Crippen MR) is 79.2 cm³/mol. The van der Waals surface area contributed by atoms with Gasteiger partial charge in [-0.15, -0.1) is 0 Å². The number of nitrogens with one attached hydrogen (secondary N) is 2. The summed E-state index contributed by atoms with van der Waals surface area (Å²) < 4.78 is 0. The van der Waals surface area contributed by atoms with Crippen LogP contribution in [0.3, 0.4) is 0 Å². The molecule has 0 aliphatic carbocycles. The molecule has 0 aliphatic heterocycles. The van der Waals surface area contributed by atoms with Crippen molar-refractivity contribution in [3.8, 4) is 0 Å². The van der Waals surface area contributed by atoms with Crippen molar-refractivity contribution >= 4 is 16.6 Å². The second-order valence-electron chi connectivity index (χ2n) is 4.66. The molecule has 3 nitrogen and oxygen atoms in total. The minimum atomic E-state index is 0.822. The second-order valence-corrected chi connectivity index (χ2v) is 4.66. The number of H-pyrrole nitrogens is 1. The Bertz CT molecular complexity index is 668. The lowest BCUT2D eigenvalue weighted by Gasteiger charge is -2.08. The summed E-state index contributed by atoms with van der Waals surface area (Å²) in [6, 6.07) is 14.9. The Morgan fingerprint density at radius 1 is 1.05 bits per heavy atom. The minimum absolute atomic E-state index is 0.822. The van der Waals surface area contributed by atoms with Crippen LogP contribution in [0.2, 0.25) is 0 Å². The van der Waals surface area contributed by atoms with Gasteiger partial charge in [-0.25, -0.2) is 0 Å². The van der Waals surface area contributed by atoms with Crippen molar-refractivity contribution in [2.45, 2.75) is 19.9 Å². The summed E-state index contributed by atoms with van der Waals surface area (Å²) in [4.78, 5) is 0. The van der Waals surface area contributed by atoms with Gasteiger partial charge < -0.3 is 5.32 Å². The van der Waals surface area contributed by atoms with Crippen molar-refractivity contribution in [2.24, 2.45) is 0 Å². The summed E-state index contributed by atoms with van der Waals surface area (Å²) in [6.07, 6.45) is 2.93. The van der Waals surface area contributed by atoms with Crippen molar-refractivity contribution in [3.63, 3.8) is 0 Å². The number of aromatic nitrogens is 2. The number of rotatable bonds is 4. The monoisotopic (exact) mass is 251 g/mol. The molecule has 0 atom stereocenters. The molecule has 3 aromatic rings. The van der Waals surface area contributed by atoms with Gasteiger partial charge in [0.15, 0.2) is 0 Å². The first-order valence-electron chi connectivity index (χ1n) is 6.60. The summed E-state index contributed by atoms with van der Waals surface area (Å²) >= 11 is 0. The van der Waals surface area contributed by atoms with E-state index in [-0.39, 0.29) is 0 Å². The number of para-hydroxylation sites is 1. The van der Waals surface area contributed by atoms with Crippen LogP contribution in [0, 0.1) is 0 Å². The molecular formula is C16H17N3. The maximum absolute atomic E-state index is 4.07. The summed E-state index contributed by atoms with van der Waals surface area (Å²) in [7, 11) is 0. The molecule has 0 amide bonds. The average molecular weight is 251 g/mol. The fourth-order valence-electron chi connectivity index (χ4n) is 2.21. The maximum Gasteiger partial charge on any atom is 0.0881 e. The molecule has 0 unspecified atom stereocenters. The van der Waals surface area contributed by atoms with E-state index in [1.54, 1.807) is 0 Å². The first-order chi connectivity index (χ1) is 9.36. The Morgan fingerprint density at radius 3 is 2.63 bits per heavy atom. The van der Waals surface area contributed by atoms with Crippen LogP contribution in [-0.2, 0) is 13.0 Å². The fourth-order valence-corrected chi connectivity index (χ4v) is 2.21. The van der Waals surface area contributed by atoms with Crippen LogP contribution in [0.25, 0.3) is 10.9 Å². The number of benzene rings is 2. The van der Waals surface area contributed by atoms with Gasteiger partial charge in [-0.2, -0.15) is 5.10 Å². The van der Waals surface area contributed by atoms with Crippen LogP contribution in [0.4, 0.5) is 5.69 Å². The molecular weight excluding hydrogens is 234 g/mol. The highest BCUT2D eigenvalue weighted by Gasteiger charge is 2.02. The van der Waals surface area contributed by atoms with Gasteiger partial charge in [-0.1, -0.05) is 43.3 Å². The summed E-state index contributed by atoms with van der Waals surface area (Å²) in [5.74, 6) is 0. The third kappa shape index (κ3) is 2.45. The smallest absolute Gasteiger partial charge is 0.0881 e. The molecule has 19 heavy (non-hydrogen) atoms. The topological polar surface area (TPSA) is 40.7 Å². The molecule has 0 saturated heterocycles. The molecule has 0 saturated carbocycles. The number of anilines is 1. The molecule has 0 radical (unpaired) electrons. The highest BCUT2D eigenvalue weighted by Crippen LogP contribution is 2.21. The van der Waals surface area contributed by atoms with Gasteiger partial charge in [0, 0.05) is 11.9 Å². The Labute approximate surface area is 112 Å². The summed E-state index contributed by atoms with van der Waals surface area (Å²) in [5.41, 5.74) is 4.82. The zero-order valence-electron chi connectivity index (χ0n) is 11.0. The largest absolute Gasteiger partial charge is 0.379 e. The number of aryl methyl sites for hydroxylation is 1. The molecule has 3 rings (SSSR count). The van der Waals surface area contributed by atoms with Crippen molar-refractivity contribution in [2.75, 3.05) is 5.32 Å². The standard InChI is InChI=1S/C16H17N3/c1-2-12-6-8-13(9-7-12)10-17-15-5-3-4-14-11-18-19-16(14)15/h3-9,11,17H,2,10H2,1H3,(H,18,19). The first-order valence-corrected chi connectivity index (χ1v) is 6.60. The van der Waals surface area contributed by atoms with E-state index in [0.717, 1.165) is 29.6 Å². The molecule has 0 spiro atoms. The van der Waals surface area contributed by atoms with Gasteiger partial charge in [0.05, 0.1) is 17.4 Å². The molecule has 0 bridgehead atoms. The van der Waals surface area contributed by atoms with E-state index < -0.39 is 0 Å². The quantitative estimate of drug-likeness (QED) is 0.741. The van der Waals surface area contributed by atoms with E-state index in [1.807, 2.05) is 12.3 Å². The van der Waals surface area contributed by atoms with Crippen LogP contribution >= 0.6 is 0 Å². The molecule has 3 heteroatoms. The highest BCUT2D eigenvalue weighted by atomic mass is 15.1.